The highest BCUT2D eigenvalue weighted by Gasteiger charge is 2.17. The van der Waals surface area contributed by atoms with Crippen LogP contribution in [0.2, 0.25) is 0 Å². The first-order valence-corrected chi connectivity index (χ1v) is 6.43. The van der Waals surface area contributed by atoms with Crippen molar-refractivity contribution >= 4 is 0 Å². The molecule has 102 valence electrons. The number of nitrogens with zero attached hydrogens (tertiary/aromatic N) is 1. The minimum atomic E-state index is -0.0844. The average molecular weight is 253 g/mol. The molecule has 0 fully saturated rings. The maximum Gasteiger partial charge on any atom is 0.255 e. The first-order valence-electron chi connectivity index (χ1n) is 6.43. The molecule has 2 unspecified atom stereocenters. The van der Waals surface area contributed by atoms with E-state index in [1.165, 1.54) is 0 Å². The molecular weight excluding hydrogens is 230 g/mol. The molecule has 18 heavy (non-hydrogen) atoms. The number of aromatic nitrogens is 2. The Morgan fingerprint density at radius 1 is 1.44 bits per heavy atom. The number of aryl methyl sites for hydroxylation is 2. The summed E-state index contributed by atoms with van der Waals surface area (Å²) in [6, 6.07) is 0.142. The van der Waals surface area contributed by atoms with Crippen LogP contribution in [0.3, 0.4) is 0 Å². The summed E-state index contributed by atoms with van der Waals surface area (Å²) in [5.74, 6) is 0.635. The second-order valence-electron chi connectivity index (χ2n) is 4.66. The molecule has 0 spiro atoms. The van der Waals surface area contributed by atoms with Crippen LogP contribution >= 0.6 is 0 Å². The molecule has 3 N–H and O–H groups in total. The molecule has 0 amide bonds. The number of nitrogens with one attached hydrogen (secondary N) is 2. The molecule has 1 heterocycles. The van der Waals surface area contributed by atoms with Gasteiger partial charge in [-0.1, -0.05) is 6.92 Å². The normalized spacial score (nSPS) is 14.5. The summed E-state index contributed by atoms with van der Waals surface area (Å²) in [5, 5.41) is 12.3. The van der Waals surface area contributed by atoms with Gasteiger partial charge < -0.3 is 15.4 Å². The number of rotatable bonds is 6. The summed E-state index contributed by atoms with van der Waals surface area (Å²) in [6.07, 6.45) is 1.61. The lowest BCUT2D eigenvalue weighted by atomic mass is 10.1. The molecule has 1 rings (SSSR count). The maximum absolute atomic E-state index is 11.9. The predicted octanol–water partition coefficient (Wildman–Crippen LogP) is 1.20. The minimum Gasteiger partial charge on any atom is -0.396 e. The summed E-state index contributed by atoms with van der Waals surface area (Å²) >= 11 is 0. The molecule has 0 saturated heterocycles. The van der Waals surface area contributed by atoms with Crippen LogP contribution in [0.15, 0.2) is 4.79 Å². The number of aromatic amines is 1. The molecule has 0 bridgehead atoms. The molecule has 0 aliphatic heterocycles. The van der Waals surface area contributed by atoms with Crippen molar-refractivity contribution in [3.63, 3.8) is 0 Å². The molecule has 1 aromatic heterocycles. The predicted molar refractivity (Wildman–Crippen MR) is 71.7 cm³/mol. The molecule has 0 aliphatic rings. The Labute approximate surface area is 108 Å². The largest absolute Gasteiger partial charge is 0.396 e. The molecular formula is C13H23N3O2. The van der Waals surface area contributed by atoms with Gasteiger partial charge >= 0.3 is 0 Å². The fraction of sp³-hybridized carbons (Fsp3) is 0.692. The third-order valence-corrected chi connectivity index (χ3v) is 3.15. The molecule has 0 aliphatic carbocycles. The van der Waals surface area contributed by atoms with Crippen LogP contribution in [0.5, 0.6) is 0 Å². The van der Waals surface area contributed by atoms with E-state index in [9.17, 15) is 4.79 Å². The zero-order valence-electron chi connectivity index (χ0n) is 11.6. The molecule has 0 saturated carbocycles. The zero-order chi connectivity index (χ0) is 13.7. The molecule has 5 heteroatoms. The van der Waals surface area contributed by atoms with Crippen LogP contribution in [0.4, 0.5) is 0 Å². The lowest BCUT2D eigenvalue weighted by Crippen LogP contribution is -2.35. The summed E-state index contributed by atoms with van der Waals surface area (Å²) < 4.78 is 0. The number of hydrogen-bond acceptors (Lipinski definition) is 4. The van der Waals surface area contributed by atoms with Gasteiger partial charge in [-0.25, -0.2) is 4.98 Å². The van der Waals surface area contributed by atoms with Crippen LogP contribution in [-0.4, -0.2) is 27.7 Å². The third kappa shape index (κ3) is 3.65. The van der Waals surface area contributed by atoms with Crippen molar-refractivity contribution < 1.29 is 5.11 Å². The molecule has 1 aromatic rings. The molecule has 0 radical (unpaired) electrons. The van der Waals surface area contributed by atoms with Gasteiger partial charge in [-0.2, -0.15) is 0 Å². The molecule has 2 atom stereocenters. The van der Waals surface area contributed by atoms with Crippen molar-refractivity contribution in [3.05, 3.63) is 27.4 Å². The summed E-state index contributed by atoms with van der Waals surface area (Å²) in [5.41, 5.74) is 1.35. The highest BCUT2D eigenvalue weighted by atomic mass is 16.3. The van der Waals surface area contributed by atoms with Gasteiger partial charge in [-0.05, 0) is 33.6 Å². The summed E-state index contributed by atoms with van der Waals surface area (Å²) in [4.78, 5) is 19.0. The van der Waals surface area contributed by atoms with E-state index < -0.39 is 0 Å². The number of hydrogen-bond donors (Lipinski definition) is 3. The van der Waals surface area contributed by atoms with Crippen LogP contribution in [-0.2, 0) is 0 Å². The van der Waals surface area contributed by atoms with Gasteiger partial charge in [0.15, 0.2) is 0 Å². The topological polar surface area (TPSA) is 78.0 Å². The molecule has 0 aromatic carbocycles. The first kappa shape index (κ1) is 14.9. The van der Waals surface area contributed by atoms with E-state index in [0.29, 0.717) is 17.8 Å². The lowest BCUT2D eigenvalue weighted by Gasteiger charge is -2.22. The number of H-pyrrole nitrogens is 1. The van der Waals surface area contributed by atoms with Gasteiger partial charge in [-0.3, -0.25) is 4.79 Å². The SMILES string of the molecule is CCC(CCO)NC(C)c1c(C)nc(C)[nH]c1=O. The van der Waals surface area contributed by atoms with Crippen molar-refractivity contribution in [2.24, 2.45) is 0 Å². The summed E-state index contributed by atoms with van der Waals surface area (Å²) in [6.45, 7) is 7.79. The van der Waals surface area contributed by atoms with Crippen molar-refractivity contribution in [2.45, 2.75) is 52.6 Å². The lowest BCUT2D eigenvalue weighted by molar-refractivity contribution is 0.256. The van der Waals surface area contributed by atoms with Gasteiger partial charge in [0.1, 0.15) is 5.82 Å². The van der Waals surface area contributed by atoms with E-state index in [0.717, 1.165) is 12.1 Å². The number of aliphatic hydroxyl groups excluding tert-OH is 1. The van der Waals surface area contributed by atoms with Crippen LogP contribution < -0.4 is 10.9 Å². The Kier molecular flexibility index (Phi) is 5.50. The Hall–Kier alpha value is -1.20. The van der Waals surface area contributed by atoms with E-state index >= 15 is 0 Å². The first-order chi connectivity index (χ1) is 8.49. The van der Waals surface area contributed by atoms with Crippen LogP contribution in [0.1, 0.15) is 49.8 Å². The van der Waals surface area contributed by atoms with E-state index in [-0.39, 0.29) is 24.2 Å². The standard InChI is InChI=1S/C13H23N3O2/c1-5-11(6-7-17)15-9(3)12-8(2)14-10(4)16-13(12)18/h9,11,15,17H,5-7H2,1-4H3,(H,14,16,18). The highest BCUT2D eigenvalue weighted by Crippen LogP contribution is 2.13. The van der Waals surface area contributed by atoms with E-state index in [1.54, 1.807) is 6.92 Å². The number of aliphatic hydroxyl groups is 1. The van der Waals surface area contributed by atoms with Crippen molar-refractivity contribution in [3.8, 4) is 0 Å². The van der Waals surface area contributed by atoms with Gasteiger partial charge in [0.25, 0.3) is 5.56 Å². The van der Waals surface area contributed by atoms with Crippen LogP contribution in [0.25, 0.3) is 0 Å². The van der Waals surface area contributed by atoms with Crippen molar-refractivity contribution in [1.29, 1.82) is 0 Å². The monoisotopic (exact) mass is 253 g/mol. The van der Waals surface area contributed by atoms with Crippen molar-refractivity contribution in [2.75, 3.05) is 6.61 Å². The van der Waals surface area contributed by atoms with Crippen LogP contribution in [0, 0.1) is 13.8 Å². The summed E-state index contributed by atoms with van der Waals surface area (Å²) in [7, 11) is 0. The fourth-order valence-electron chi connectivity index (χ4n) is 2.24. The van der Waals surface area contributed by atoms with Crippen molar-refractivity contribution in [1.82, 2.24) is 15.3 Å². The molecule has 5 nitrogen and oxygen atoms in total. The van der Waals surface area contributed by atoms with E-state index in [4.69, 9.17) is 5.11 Å². The highest BCUT2D eigenvalue weighted by molar-refractivity contribution is 5.20. The van der Waals surface area contributed by atoms with Gasteiger partial charge in [0.05, 0.1) is 5.56 Å². The van der Waals surface area contributed by atoms with E-state index in [1.807, 2.05) is 13.8 Å². The second-order valence-corrected chi connectivity index (χ2v) is 4.66. The Bertz CT molecular complexity index is 442. The fourth-order valence-corrected chi connectivity index (χ4v) is 2.24. The van der Waals surface area contributed by atoms with Gasteiger partial charge in [-0.15, -0.1) is 0 Å². The Morgan fingerprint density at radius 2 is 2.11 bits per heavy atom. The smallest absolute Gasteiger partial charge is 0.255 e. The minimum absolute atomic E-state index is 0.0710. The third-order valence-electron chi connectivity index (χ3n) is 3.15. The Balaban J connectivity index is 2.90. The average Bonchev–Trinajstić information content (AvgIpc) is 2.26. The quantitative estimate of drug-likeness (QED) is 0.712. The maximum atomic E-state index is 11.9. The van der Waals surface area contributed by atoms with Gasteiger partial charge in [0.2, 0.25) is 0 Å². The zero-order valence-corrected chi connectivity index (χ0v) is 11.6. The van der Waals surface area contributed by atoms with E-state index in [2.05, 4.69) is 22.2 Å². The Morgan fingerprint density at radius 3 is 2.61 bits per heavy atom. The second kappa shape index (κ2) is 6.66. The van der Waals surface area contributed by atoms with Gasteiger partial charge in [0, 0.05) is 24.4 Å².